The SMILES string of the molecule is C.C.C.C.CC.CC.CC.CC.CC.CC(=O)O.Cc1c(F)cc2ccccn12.Cc1ccc(S(=O)(=O)OC=C(F)F)cc1.Fc1cc2ccccn2c1.O=C(C[n+]1ccccc1)OP.O=C(OP)c1c(F)cc2ccccn12.[CH3-].[U]. The standard InChI is InChI=1S/C9H8F2O3S.C9H7FNO2P.C9H8FN.C8H6FN.C7H9NO2P.C2H4O2.5C2H6.4CH4.CH3.U/c1-7-2-4-8(5-3-7)15(12,13)14-6-9(10)11;10-7-5-6-3-1-2-4-11(6)8(7)9(12)13-14;1-7-9(10)6-8-4-2-3-5-11(7)8;9-7-5-8-3-1-2-4-10(8)6-7;9-7(10-11)6-8-4-2-1-3-5-8;1-2(3)4;5*1-2;;;;;;/h2-6H,1H3;1-5H,14H2;2-6H,1H3;1-6H;1-5H,6,11H2;1H3,(H,3,4);5*1-2H3;4*1H4;1H3;/q;;;;+1;;;;;;;;;;;-1;. The van der Waals surface area contributed by atoms with E-state index in [0.717, 1.165) is 23.5 Å². The minimum Gasteiger partial charge on any atom is -0.481 e. The number of pyridine rings is 4. The van der Waals surface area contributed by atoms with Crippen molar-refractivity contribution in [2.45, 2.75) is 131 Å². The van der Waals surface area contributed by atoms with Gasteiger partial charge in [0.15, 0.2) is 30.2 Å². The van der Waals surface area contributed by atoms with E-state index in [9.17, 15) is 40.0 Å². The quantitative estimate of drug-likeness (QED) is 0.0428. The minimum absolute atomic E-state index is 0. The molecule has 0 spiro atoms. The van der Waals surface area contributed by atoms with Gasteiger partial charge < -0.3 is 39.0 Å². The third-order valence-electron chi connectivity index (χ3n) is 8.07. The molecule has 0 radical (unpaired) electrons. The molecule has 1 aromatic carbocycles. The third-order valence-corrected chi connectivity index (χ3v) is 9.75. The third kappa shape index (κ3) is 37.7. The Hall–Kier alpha value is -5.89. The summed E-state index contributed by atoms with van der Waals surface area (Å²) in [6, 6.07) is 32.1. The maximum absolute atomic E-state index is 13.3. The summed E-state index contributed by atoms with van der Waals surface area (Å²) in [6.07, 6.45) is 8.04. The molecule has 1 N–H and O–H groups in total. The Bertz CT molecular complexity index is 2920. The summed E-state index contributed by atoms with van der Waals surface area (Å²) in [5.74, 6) is -2.73. The first kappa shape index (κ1) is 94.4. The Morgan fingerprint density at radius 3 is 1.49 bits per heavy atom. The van der Waals surface area contributed by atoms with Crippen LogP contribution < -0.4 is 4.57 Å². The van der Waals surface area contributed by atoms with Crippen molar-refractivity contribution in [2.75, 3.05) is 0 Å². The Labute approximate surface area is 510 Å². The molecule has 13 nitrogen and oxygen atoms in total. The van der Waals surface area contributed by atoms with Crippen molar-refractivity contribution in [3.63, 3.8) is 0 Å². The number of carbonyl (C=O) groups excluding carboxylic acids is 2. The average Bonchev–Trinajstić information content (AvgIpc) is 4.09. The number of fused-ring (bicyclic) bond motifs is 3. The van der Waals surface area contributed by atoms with Gasteiger partial charge in [0.1, 0.15) is 16.5 Å². The maximum Gasteiger partial charge on any atom is 0.374 e. The zero-order valence-electron chi connectivity index (χ0n) is 46.2. The number of aliphatic carboxylic acids is 1. The van der Waals surface area contributed by atoms with E-state index in [-0.39, 0.29) is 109 Å². The fourth-order valence-electron chi connectivity index (χ4n) is 5.18. The fraction of sp³-hybridized carbons (Fsp3) is 0.305. The van der Waals surface area contributed by atoms with Crippen molar-refractivity contribution in [3.8, 4) is 0 Å². The van der Waals surface area contributed by atoms with Gasteiger partial charge in [-0.2, -0.15) is 21.8 Å². The summed E-state index contributed by atoms with van der Waals surface area (Å²) in [4.78, 5) is 30.8. The number of aryl methyl sites for hydroxylation is 2. The van der Waals surface area contributed by atoms with E-state index in [2.05, 4.69) is 13.2 Å². The molecule has 0 aliphatic carbocycles. The number of benzene rings is 1. The van der Waals surface area contributed by atoms with E-state index in [1.807, 2.05) is 162 Å². The second kappa shape index (κ2) is 56.0. The zero-order valence-corrected chi connectivity index (χ0v) is 53.5. The second-order valence-electron chi connectivity index (χ2n) is 12.8. The van der Waals surface area contributed by atoms with Gasteiger partial charge in [0.2, 0.25) is 6.54 Å². The first-order chi connectivity index (χ1) is 35.9. The van der Waals surface area contributed by atoms with Gasteiger partial charge in [0, 0.05) is 97.6 Å². The number of carboxylic acids is 1. The summed E-state index contributed by atoms with van der Waals surface area (Å²) in [5.41, 5.74) is 3.86. The first-order valence-electron chi connectivity index (χ1n) is 23.5. The first-order valence-corrected chi connectivity index (χ1v) is 25.9. The van der Waals surface area contributed by atoms with Crippen molar-refractivity contribution < 1.29 is 98.8 Å². The smallest absolute Gasteiger partial charge is 0.374 e. The Kier molecular flexibility index (Phi) is 65.3. The summed E-state index contributed by atoms with van der Waals surface area (Å²) in [7, 11) is -0.397. The van der Waals surface area contributed by atoms with Crippen molar-refractivity contribution in [1.82, 2.24) is 13.2 Å². The fourth-order valence-corrected chi connectivity index (χ4v) is 6.14. The molecule has 456 valence electrons. The predicted molar refractivity (Wildman–Crippen MR) is 328 cm³/mol. The van der Waals surface area contributed by atoms with E-state index in [0.29, 0.717) is 11.2 Å². The summed E-state index contributed by atoms with van der Waals surface area (Å²) >= 11 is 0. The Balaban J connectivity index is -0.000000107. The number of carboxylic acid groups (broad SMARTS) is 1. The minimum atomic E-state index is -4.13. The van der Waals surface area contributed by atoms with Crippen LogP contribution in [0.15, 0.2) is 170 Å². The molecule has 8 aromatic rings. The van der Waals surface area contributed by atoms with Gasteiger partial charge in [-0.25, -0.2) is 22.8 Å². The van der Waals surface area contributed by atoms with Crippen LogP contribution in [0, 0.1) is 69.8 Å². The van der Waals surface area contributed by atoms with Gasteiger partial charge in [-0.05, 0) is 74.5 Å². The van der Waals surface area contributed by atoms with E-state index >= 15 is 0 Å². The molecule has 0 aliphatic rings. The van der Waals surface area contributed by atoms with Crippen molar-refractivity contribution in [2.24, 2.45) is 0 Å². The molecule has 7 aromatic heterocycles. The van der Waals surface area contributed by atoms with E-state index in [1.165, 1.54) is 40.9 Å². The predicted octanol–water partition coefficient (Wildman–Crippen LogP) is 17.5. The molecule has 2 atom stereocenters. The average molecular weight is 1430 g/mol. The normalized spacial score (nSPS) is 8.49. The Morgan fingerprint density at radius 1 is 0.630 bits per heavy atom. The number of hydrogen-bond acceptors (Lipinski definition) is 8. The van der Waals surface area contributed by atoms with Gasteiger partial charge in [-0.1, -0.05) is 141 Å². The molecular weight excluding hydrogens is 1340 g/mol. The topological polar surface area (TPSA) is 150 Å². The van der Waals surface area contributed by atoms with Gasteiger partial charge in [0.05, 0.1) is 24.6 Å². The molecule has 0 saturated heterocycles. The molecule has 0 fully saturated rings. The zero-order chi connectivity index (χ0) is 58.1. The van der Waals surface area contributed by atoms with E-state index in [1.54, 1.807) is 68.8 Å². The molecule has 0 saturated carbocycles. The molecule has 8 rings (SSSR count). The number of rotatable bonds is 6. The van der Waals surface area contributed by atoms with Crippen molar-refractivity contribution in [3.05, 3.63) is 207 Å². The van der Waals surface area contributed by atoms with Gasteiger partial charge in [-0.15, -0.1) is 0 Å². The van der Waals surface area contributed by atoms with Crippen LogP contribution in [0.5, 0.6) is 0 Å². The number of aromatic nitrogens is 4. The molecular formula is C59H91F5N4O9P2SU. The van der Waals surface area contributed by atoms with Crippen molar-refractivity contribution >= 4 is 63.5 Å². The van der Waals surface area contributed by atoms with E-state index in [4.69, 9.17) is 9.90 Å². The number of halogens is 5. The molecule has 7 heterocycles. The Morgan fingerprint density at radius 2 is 1.06 bits per heavy atom. The van der Waals surface area contributed by atoms with Crippen LogP contribution in [0.2, 0.25) is 0 Å². The maximum atomic E-state index is 13.3. The molecule has 81 heavy (non-hydrogen) atoms. The summed E-state index contributed by atoms with van der Waals surface area (Å²) < 4.78 is 104. The van der Waals surface area contributed by atoms with Gasteiger partial charge >= 0.3 is 28.1 Å². The van der Waals surface area contributed by atoms with Crippen LogP contribution in [0.4, 0.5) is 22.0 Å². The molecule has 0 aliphatic heterocycles. The number of nitrogens with zero attached hydrogens (tertiary/aromatic N) is 4. The van der Waals surface area contributed by atoms with E-state index < -0.39 is 34.0 Å². The molecule has 0 amide bonds. The van der Waals surface area contributed by atoms with Crippen LogP contribution in [-0.2, 0) is 39.5 Å². The molecule has 2 unspecified atom stereocenters. The second-order valence-corrected chi connectivity index (χ2v) is 14.9. The largest absolute Gasteiger partial charge is 0.481 e. The molecule has 22 heteroatoms. The monoisotopic (exact) mass is 1430 g/mol. The van der Waals surface area contributed by atoms with Gasteiger partial charge in [-0.3, -0.25) is 4.79 Å². The summed E-state index contributed by atoms with van der Waals surface area (Å²) in [6.45, 7) is 24.9. The van der Waals surface area contributed by atoms with Crippen LogP contribution >= 0.6 is 18.9 Å². The number of hydrogen-bond donors (Lipinski definition) is 1. The van der Waals surface area contributed by atoms with Crippen LogP contribution in [0.3, 0.4) is 0 Å². The summed E-state index contributed by atoms with van der Waals surface area (Å²) in [5, 5.41) is 7.42. The number of carbonyl (C=O) groups is 3. The molecule has 0 bridgehead atoms. The van der Waals surface area contributed by atoms with Crippen LogP contribution in [0.1, 0.15) is 128 Å². The van der Waals surface area contributed by atoms with Crippen LogP contribution in [0.25, 0.3) is 16.6 Å². The van der Waals surface area contributed by atoms with Crippen molar-refractivity contribution in [1.29, 1.82) is 0 Å². The van der Waals surface area contributed by atoms with Gasteiger partial charge in [0.25, 0.3) is 5.97 Å². The van der Waals surface area contributed by atoms with Crippen LogP contribution in [-0.4, -0.2) is 44.6 Å².